The first-order valence-corrected chi connectivity index (χ1v) is 4.91. The number of rotatable bonds is 7. The summed E-state index contributed by atoms with van der Waals surface area (Å²) in [5.74, 6) is -0.223. The van der Waals surface area contributed by atoms with Crippen LogP contribution in [0.5, 0.6) is 0 Å². The number of hydrogen-bond donors (Lipinski definition) is 0. The fraction of sp³-hybridized carbons (Fsp3) is 0.900. The first-order valence-electron chi connectivity index (χ1n) is 4.91. The molecule has 0 radical (unpaired) electrons. The lowest BCUT2D eigenvalue weighted by atomic mass is 10.1. The zero-order valence-corrected chi connectivity index (χ0v) is 8.84. The van der Waals surface area contributed by atoms with Crippen LogP contribution in [0.4, 0.5) is 0 Å². The molecule has 13 heavy (non-hydrogen) atoms. The van der Waals surface area contributed by atoms with Crippen molar-refractivity contribution >= 4 is 5.97 Å². The first-order chi connectivity index (χ1) is 6.26. The van der Waals surface area contributed by atoms with E-state index in [0.717, 1.165) is 19.3 Å². The predicted molar refractivity (Wildman–Crippen MR) is 51.5 cm³/mol. The number of methoxy groups -OCH3 is 1. The Bertz CT molecular complexity index is 134. The van der Waals surface area contributed by atoms with Crippen LogP contribution in [0.25, 0.3) is 0 Å². The molecule has 0 aliphatic carbocycles. The molecule has 3 heteroatoms. The molecular formula is C10H20O3. The van der Waals surface area contributed by atoms with Gasteiger partial charge >= 0.3 is 5.97 Å². The molecule has 0 aliphatic rings. The van der Waals surface area contributed by atoms with Gasteiger partial charge in [0.25, 0.3) is 0 Å². The van der Waals surface area contributed by atoms with Crippen LogP contribution in [0.1, 0.15) is 33.1 Å². The summed E-state index contributed by atoms with van der Waals surface area (Å²) in [6, 6.07) is 0. The van der Waals surface area contributed by atoms with Crippen molar-refractivity contribution < 1.29 is 14.3 Å². The number of hydrogen-bond acceptors (Lipinski definition) is 3. The summed E-state index contributed by atoms with van der Waals surface area (Å²) in [6.45, 7) is 5.03. The minimum atomic E-state index is -0.127. The van der Waals surface area contributed by atoms with E-state index in [1.54, 1.807) is 7.11 Å². The summed E-state index contributed by atoms with van der Waals surface area (Å²) in [5, 5.41) is 0. The third-order valence-electron chi connectivity index (χ3n) is 1.94. The number of carbonyl (C=O) groups excluding carboxylic acids is 1. The Kier molecular flexibility index (Phi) is 7.69. The minimum Gasteiger partial charge on any atom is -0.465 e. The van der Waals surface area contributed by atoms with Crippen LogP contribution in [0.15, 0.2) is 0 Å². The summed E-state index contributed by atoms with van der Waals surface area (Å²) in [6.07, 6.45) is 2.77. The van der Waals surface area contributed by atoms with Gasteiger partial charge < -0.3 is 9.47 Å². The quantitative estimate of drug-likeness (QED) is 0.453. The molecule has 1 unspecified atom stereocenters. The Morgan fingerprint density at radius 3 is 2.54 bits per heavy atom. The molecule has 0 heterocycles. The average molecular weight is 188 g/mol. The van der Waals surface area contributed by atoms with E-state index < -0.39 is 0 Å². The molecular weight excluding hydrogens is 168 g/mol. The van der Waals surface area contributed by atoms with Crippen LogP contribution in [0.3, 0.4) is 0 Å². The second-order valence-corrected chi connectivity index (χ2v) is 3.08. The fourth-order valence-corrected chi connectivity index (χ4v) is 0.989. The molecule has 1 atom stereocenters. The molecule has 0 aromatic carbocycles. The number of unbranched alkanes of at least 4 members (excludes halogenated alkanes) is 1. The molecule has 0 rings (SSSR count). The van der Waals surface area contributed by atoms with E-state index in [0.29, 0.717) is 13.2 Å². The fourth-order valence-electron chi connectivity index (χ4n) is 0.989. The Morgan fingerprint density at radius 2 is 2.08 bits per heavy atom. The van der Waals surface area contributed by atoms with Gasteiger partial charge in [0.2, 0.25) is 0 Å². The van der Waals surface area contributed by atoms with Gasteiger partial charge in [0.1, 0.15) is 0 Å². The molecule has 0 saturated carbocycles. The highest BCUT2D eigenvalue weighted by Gasteiger charge is 2.16. The number of esters is 1. The monoisotopic (exact) mass is 188 g/mol. The molecule has 0 aromatic heterocycles. The third-order valence-corrected chi connectivity index (χ3v) is 1.94. The molecule has 0 saturated heterocycles. The lowest BCUT2D eigenvalue weighted by molar-refractivity contribution is -0.150. The molecule has 0 fully saturated rings. The highest BCUT2D eigenvalue weighted by Crippen LogP contribution is 2.06. The van der Waals surface area contributed by atoms with E-state index in [4.69, 9.17) is 9.47 Å². The van der Waals surface area contributed by atoms with Crippen molar-refractivity contribution in [1.29, 1.82) is 0 Å². The van der Waals surface area contributed by atoms with Gasteiger partial charge in [0.05, 0.1) is 19.1 Å². The SMILES string of the molecule is CCCCOC(=O)C(CC)COC. The summed E-state index contributed by atoms with van der Waals surface area (Å²) < 4.78 is 9.99. The molecule has 0 bridgehead atoms. The zero-order chi connectivity index (χ0) is 10.1. The number of ether oxygens (including phenoxy) is 2. The highest BCUT2D eigenvalue weighted by molar-refractivity contribution is 5.72. The Hall–Kier alpha value is -0.570. The van der Waals surface area contributed by atoms with Crippen molar-refractivity contribution in [2.24, 2.45) is 5.92 Å². The maximum atomic E-state index is 11.3. The van der Waals surface area contributed by atoms with Crippen molar-refractivity contribution in [3.05, 3.63) is 0 Å². The van der Waals surface area contributed by atoms with Gasteiger partial charge in [0, 0.05) is 7.11 Å². The Balaban J connectivity index is 3.64. The van der Waals surface area contributed by atoms with Gasteiger partial charge in [-0.05, 0) is 12.8 Å². The minimum absolute atomic E-state index is 0.0955. The van der Waals surface area contributed by atoms with Gasteiger partial charge in [-0.25, -0.2) is 0 Å². The second kappa shape index (κ2) is 8.05. The van der Waals surface area contributed by atoms with Gasteiger partial charge in [-0.2, -0.15) is 0 Å². The van der Waals surface area contributed by atoms with Crippen LogP contribution < -0.4 is 0 Å². The lowest BCUT2D eigenvalue weighted by Gasteiger charge is -2.12. The van der Waals surface area contributed by atoms with Crippen LogP contribution in [0.2, 0.25) is 0 Å². The average Bonchev–Trinajstić information content (AvgIpc) is 2.14. The predicted octanol–water partition coefficient (Wildman–Crippen LogP) is 2.00. The van der Waals surface area contributed by atoms with Crippen LogP contribution >= 0.6 is 0 Å². The van der Waals surface area contributed by atoms with Gasteiger partial charge in [-0.3, -0.25) is 4.79 Å². The zero-order valence-electron chi connectivity index (χ0n) is 8.84. The molecule has 0 spiro atoms. The molecule has 0 aromatic rings. The first kappa shape index (κ1) is 12.4. The normalized spacial score (nSPS) is 12.5. The van der Waals surface area contributed by atoms with Crippen molar-refractivity contribution in [2.75, 3.05) is 20.3 Å². The van der Waals surface area contributed by atoms with E-state index in [2.05, 4.69) is 6.92 Å². The van der Waals surface area contributed by atoms with Gasteiger partial charge in [0.15, 0.2) is 0 Å². The maximum absolute atomic E-state index is 11.3. The van der Waals surface area contributed by atoms with Gasteiger partial charge in [-0.1, -0.05) is 20.3 Å². The third kappa shape index (κ3) is 5.64. The smallest absolute Gasteiger partial charge is 0.311 e. The largest absolute Gasteiger partial charge is 0.465 e. The topological polar surface area (TPSA) is 35.5 Å². The van der Waals surface area contributed by atoms with Crippen molar-refractivity contribution in [3.8, 4) is 0 Å². The van der Waals surface area contributed by atoms with Crippen LogP contribution in [-0.2, 0) is 14.3 Å². The molecule has 3 nitrogen and oxygen atoms in total. The molecule has 0 N–H and O–H groups in total. The highest BCUT2D eigenvalue weighted by atomic mass is 16.5. The summed E-state index contributed by atoms with van der Waals surface area (Å²) in [4.78, 5) is 11.3. The Morgan fingerprint density at radius 1 is 1.38 bits per heavy atom. The second-order valence-electron chi connectivity index (χ2n) is 3.08. The standard InChI is InChI=1S/C10H20O3/c1-4-6-7-13-10(11)9(5-2)8-12-3/h9H,4-8H2,1-3H3. The summed E-state index contributed by atoms with van der Waals surface area (Å²) in [5.41, 5.74) is 0. The molecule has 0 aliphatic heterocycles. The van der Waals surface area contributed by atoms with E-state index in [9.17, 15) is 4.79 Å². The van der Waals surface area contributed by atoms with E-state index in [-0.39, 0.29) is 11.9 Å². The summed E-state index contributed by atoms with van der Waals surface area (Å²) in [7, 11) is 1.60. The van der Waals surface area contributed by atoms with Crippen molar-refractivity contribution in [3.63, 3.8) is 0 Å². The summed E-state index contributed by atoms with van der Waals surface area (Å²) >= 11 is 0. The van der Waals surface area contributed by atoms with Crippen LogP contribution in [0, 0.1) is 5.92 Å². The molecule has 78 valence electrons. The van der Waals surface area contributed by atoms with Crippen molar-refractivity contribution in [2.45, 2.75) is 33.1 Å². The van der Waals surface area contributed by atoms with Gasteiger partial charge in [-0.15, -0.1) is 0 Å². The van der Waals surface area contributed by atoms with Crippen molar-refractivity contribution in [1.82, 2.24) is 0 Å². The van der Waals surface area contributed by atoms with E-state index >= 15 is 0 Å². The Labute approximate surface area is 80.4 Å². The number of carbonyl (C=O) groups is 1. The van der Waals surface area contributed by atoms with Crippen LogP contribution in [-0.4, -0.2) is 26.3 Å². The van der Waals surface area contributed by atoms with E-state index in [1.165, 1.54) is 0 Å². The van der Waals surface area contributed by atoms with E-state index in [1.807, 2.05) is 6.92 Å². The molecule has 0 amide bonds. The maximum Gasteiger partial charge on any atom is 0.311 e. The lowest BCUT2D eigenvalue weighted by Crippen LogP contribution is -2.21.